The standard InChI is InChI=1S/C19H15F3N4O3S/c1-11-14(7-8-27-11)17-24-25-18(28-17)30-9-3-6-15-23-16(26-29-15)12-4-2-5-13(10-12)19(20,21)22/h2,4-5,7-8,10H,3,6,9H2,1H3. The molecule has 0 unspecified atom stereocenters. The maximum absolute atomic E-state index is 12.8. The van der Waals surface area contributed by atoms with Crippen molar-refractivity contribution in [2.75, 3.05) is 5.75 Å². The summed E-state index contributed by atoms with van der Waals surface area (Å²) in [6, 6.07) is 6.58. The Hall–Kier alpha value is -3.08. The van der Waals surface area contributed by atoms with Gasteiger partial charge in [0.15, 0.2) is 0 Å². The van der Waals surface area contributed by atoms with Crippen LogP contribution in [0, 0.1) is 6.92 Å². The molecule has 30 heavy (non-hydrogen) atoms. The fourth-order valence-corrected chi connectivity index (χ4v) is 3.37. The zero-order valence-corrected chi connectivity index (χ0v) is 16.5. The van der Waals surface area contributed by atoms with E-state index in [1.54, 1.807) is 12.3 Å². The van der Waals surface area contributed by atoms with Crippen molar-refractivity contribution >= 4 is 11.8 Å². The van der Waals surface area contributed by atoms with E-state index in [9.17, 15) is 13.2 Å². The zero-order chi connectivity index (χ0) is 21.1. The zero-order valence-electron chi connectivity index (χ0n) is 15.6. The number of alkyl halides is 3. The highest BCUT2D eigenvalue weighted by Crippen LogP contribution is 2.31. The fourth-order valence-electron chi connectivity index (χ4n) is 2.67. The van der Waals surface area contributed by atoms with Crippen LogP contribution < -0.4 is 0 Å². The van der Waals surface area contributed by atoms with Crippen LogP contribution in [0.2, 0.25) is 0 Å². The van der Waals surface area contributed by atoms with E-state index in [0.717, 1.165) is 17.7 Å². The second kappa shape index (κ2) is 8.34. The lowest BCUT2D eigenvalue weighted by molar-refractivity contribution is -0.137. The Kier molecular flexibility index (Phi) is 5.62. The van der Waals surface area contributed by atoms with Gasteiger partial charge in [-0.15, -0.1) is 10.2 Å². The quantitative estimate of drug-likeness (QED) is 0.280. The minimum atomic E-state index is -4.43. The molecule has 3 heterocycles. The fraction of sp³-hybridized carbons (Fsp3) is 0.263. The molecule has 0 spiro atoms. The topological polar surface area (TPSA) is 91.0 Å². The van der Waals surface area contributed by atoms with E-state index in [1.807, 2.05) is 6.92 Å². The summed E-state index contributed by atoms with van der Waals surface area (Å²) in [4.78, 5) is 4.18. The van der Waals surface area contributed by atoms with Crippen LogP contribution in [0.4, 0.5) is 13.2 Å². The molecule has 1 aromatic carbocycles. The molecule has 11 heteroatoms. The smallest absolute Gasteiger partial charge is 0.416 e. The molecule has 4 rings (SSSR count). The number of aryl methyl sites for hydroxylation is 2. The molecule has 0 saturated heterocycles. The highest BCUT2D eigenvalue weighted by molar-refractivity contribution is 7.99. The second-order valence-electron chi connectivity index (χ2n) is 6.31. The molecule has 0 aliphatic rings. The van der Waals surface area contributed by atoms with Gasteiger partial charge in [-0.25, -0.2) is 0 Å². The van der Waals surface area contributed by atoms with Crippen LogP contribution in [0.25, 0.3) is 22.8 Å². The first-order valence-electron chi connectivity index (χ1n) is 8.91. The van der Waals surface area contributed by atoms with E-state index in [4.69, 9.17) is 13.4 Å². The molecule has 0 N–H and O–H groups in total. The minimum Gasteiger partial charge on any atom is -0.469 e. The number of halogens is 3. The Morgan fingerprint density at radius 1 is 1.13 bits per heavy atom. The first-order valence-corrected chi connectivity index (χ1v) is 9.90. The molecule has 0 bridgehead atoms. The maximum atomic E-state index is 12.8. The molecular weight excluding hydrogens is 421 g/mol. The average molecular weight is 436 g/mol. The summed E-state index contributed by atoms with van der Waals surface area (Å²) in [5.74, 6) is 2.23. The van der Waals surface area contributed by atoms with Crippen molar-refractivity contribution in [1.82, 2.24) is 20.3 Å². The lowest BCUT2D eigenvalue weighted by Gasteiger charge is -2.06. The number of furan rings is 1. The van der Waals surface area contributed by atoms with E-state index in [0.29, 0.717) is 41.4 Å². The number of hydrogen-bond donors (Lipinski definition) is 0. The van der Waals surface area contributed by atoms with Crippen molar-refractivity contribution in [3.8, 4) is 22.8 Å². The van der Waals surface area contributed by atoms with Gasteiger partial charge in [-0.1, -0.05) is 29.1 Å². The lowest BCUT2D eigenvalue weighted by atomic mass is 10.1. The number of benzene rings is 1. The summed E-state index contributed by atoms with van der Waals surface area (Å²) in [6.45, 7) is 1.81. The first kappa shape index (κ1) is 20.2. The molecule has 0 fully saturated rings. The summed E-state index contributed by atoms with van der Waals surface area (Å²) in [5.41, 5.74) is 0.247. The number of thioether (sulfide) groups is 1. The summed E-state index contributed by atoms with van der Waals surface area (Å²) in [7, 11) is 0. The SMILES string of the molecule is Cc1occc1-c1nnc(SCCCc2nc(-c3cccc(C(F)(F)F)c3)no2)o1. The van der Waals surface area contributed by atoms with E-state index in [-0.39, 0.29) is 11.4 Å². The van der Waals surface area contributed by atoms with Crippen LogP contribution in [0.3, 0.4) is 0 Å². The summed E-state index contributed by atoms with van der Waals surface area (Å²) < 4.78 is 54.5. The van der Waals surface area contributed by atoms with Crippen LogP contribution in [0.15, 0.2) is 55.2 Å². The monoisotopic (exact) mass is 436 g/mol. The van der Waals surface area contributed by atoms with Crippen LogP contribution >= 0.6 is 11.8 Å². The van der Waals surface area contributed by atoms with Gasteiger partial charge in [0.2, 0.25) is 11.7 Å². The molecule has 0 radical (unpaired) electrons. The van der Waals surface area contributed by atoms with Crippen LogP contribution in [-0.4, -0.2) is 26.1 Å². The molecular formula is C19H15F3N4O3S. The number of aromatic nitrogens is 4. The molecule has 3 aromatic heterocycles. The molecule has 0 aliphatic carbocycles. The number of rotatable bonds is 7. The van der Waals surface area contributed by atoms with Crippen LogP contribution in [0.1, 0.15) is 23.6 Å². The van der Waals surface area contributed by atoms with Gasteiger partial charge in [-0.3, -0.25) is 0 Å². The van der Waals surface area contributed by atoms with Crippen molar-refractivity contribution in [3.05, 3.63) is 53.8 Å². The van der Waals surface area contributed by atoms with Crippen molar-refractivity contribution in [1.29, 1.82) is 0 Å². The number of hydrogen-bond acceptors (Lipinski definition) is 8. The highest BCUT2D eigenvalue weighted by Gasteiger charge is 2.30. The average Bonchev–Trinajstić information content (AvgIpc) is 3.45. The number of nitrogens with zero attached hydrogens (tertiary/aromatic N) is 4. The predicted molar refractivity (Wildman–Crippen MR) is 101 cm³/mol. The van der Waals surface area contributed by atoms with Gasteiger partial charge in [-0.2, -0.15) is 18.2 Å². The third kappa shape index (κ3) is 4.56. The molecule has 0 aliphatic heterocycles. The molecule has 0 amide bonds. The van der Waals surface area contributed by atoms with Crippen LogP contribution in [-0.2, 0) is 12.6 Å². The summed E-state index contributed by atoms with van der Waals surface area (Å²) in [5, 5.41) is 12.2. The summed E-state index contributed by atoms with van der Waals surface area (Å²) >= 11 is 1.39. The van der Waals surface area contributed by atoms with Crippen molar-refractivity contribution in [2.24, 2.45) is 0 Å². The van der Waals surface area contributed by atoms with E-state index < -0.39 is 11.7 Å². The van der Waals surface area contributed by atoms with Crippen molar-refractivity contribution in [2.45, 2.75) is 31.2 Å². The highest BCUT2D eigenvalue weighted by atomic mass is 32.2. The Balaban J connectivity index is 1.30. The van der Waals surface area contributed by atoms with E-state index in [2.05, 4.69) is 20.3 Å². The Morgan fingerprint density at radius 2 is 2.00 bits per heavy atom. The summed E-state index contributed by atoms with van der Waals surface area (Å²) in [6.07, 6.45) is -1.72. The molecule has 0 atom stereocenters. The van der Waals surface area contributed by atoms with E-state index >= 15 is 0 Å². The second-order valence-corrected chi connectivity index (χ2v) is 7.35. The Bertz CT molecular complexity index is 1140. The van der Waals surface area contributed by atoms with Gasteiger partial charge < -0.3 is 13.4 Å². The normalized spacial score (nSPS) is 11.9. The van der Waals surface area contributed by atoms with Gasteiger partial charge in [0, 0.05) is 17.7 Å². The largest absolute Gasteiger partial charge is 0.469 e. The van der Waals surface area contributed by atoms with E-state index in [1.165, 1.54) is 23.9 Å². The van der Waals surface area contributed by atoms with Gasteiger partial charge in [0.05, 0.1) is 17.4 Å². The van der Waals surface area contributed by atoms with Gasteiger partial charge in [0.1, 0.15) is 5.76 Å². The lowest BCUT2D eigenvalue weighted by Crippen LogP contribution is -2.04. The van der Waals surface area contributed by atoms with Crippen molar-refractivity contribution in [3.63, 3.8) is 0 Å². The molecule has 4 aromatic rings. The maximum Gasteiger partial charge on any atom is 0.416 e. The van der Waals surface area contributed by atoms with Gasteiger partial charge in [0.25, 0.3) is 11.1 Å². The molecule has 156 valence electrons. The predicted octanol–water partition coefficient (Wildman–Crippen LogP) is 5.43. The third-order valence-electron chi connectivity index (χ3n) is 4.17. The van der Waals surface area contributed by atoms with Crippen molar-refractivity contribution < 1.29 is 26.5 Å². The van der Waals surface area contributed by atoms with Crippen LogP contribution in [0.5, 0.6) is 0 Å². The molecule has 7 nitrogen and oxygen atoms in total. The first-order chi connectivity index (χ1) is 14.4. The minimum absolute atomic E-state index is 0.126. The molecule has 0 saturated carbocycles. The Labute approximate surface area is 172 Å². The third-order valence-corrected chi connectivity index (χ3v) is 5.08. The Morgan fingerprint density at radius 3 is 2.77 bits per heavy atom. The van der Waals surface area contributed by atoms with Gasteiger partial charge in [-0.05, 0) is 31.5 Å². The van der Waals surface area contributed by atoms with Gasteiger partial charge >= 0.3 is 6.18 Å².